The summed E-state index contributed by atoms with van der Waals surface area (Å²) >= 11 is 0. The van der Waals surface area contributed by atoms with Gasteiger partial charge in [0, 0.05) is 0 Å². The van der Waals surface area contributed by atoms with Crippen LogP contribution in [-0.4, -0.2) is 18.3 Å². The molecule has 21 heavy (non-hydrogen) atoms. The van der Waals surface area contributed by atoms with E-state index in [0.29, 0.717) is 5.41 Å². The van der Waals surface area contributed by atoms with Crippen LogP contribution < -0.4 is 5.46 Å². The smallest absolute Gasteiger partial charge is 0.399 e. The Hall–Kier alpha value is -0.795. The van der Waals surface area contributed by atoms with Gasteiger partial charge in [-0.3, -0.25) is 0 Å². The maximum absolute atomic E-state index is 6.22. The lowest BCUT2D eigenvalue weighted by molar-refractivity contribution is 0.00578. The molecule has 1 fully saturated rings. The van der Waals surface area contributed by atoms with E-state index in [9.17, 15) is 0 Å². The van der Waals surface area contributed by atoms with E-state index in [1.54, 1.807) is 0 Å². The van der Waals surface area contributed by atoms with E-state index in [2.05, 4.69) is 60.6 Å². The summed E-state index contributed by atoms with van der Waals surface area (Å²) in [5.41, 5.74) is 5.20. The second-order valence-electron chi connectivity index (χ2n) is 8.34. The van der Waals surface area contributed by atoms with E-state index in [0.717, 1.165) is 6.42 Å². The molecule has 0 saturated carbocycles. The van der Waals surface area contributed by atoms with Crippen molar-refractivity contribution in [1.29, 1.82) is 0 Å². The topological polar surface area (TPSA) is 18.5 Å². The van der Waals surface area contributed by atoms with Gasteiger partial charge in [-0.1, -0.05) is 31.5 Å². The highest BCUT2D eigenvalue weighted by Crippen LogP contribution is 2.40. The molecule has 0 aromatic heterocycles. The Morgan fingerprint density at radius 3 is 2.10 bits per heavy atom. The predicted octanol–water partition coefficient (Wildman–Crippen LogP) is 3.52. The van der Waals surface area contributed by atoms with Crippen LogP contribution in [0.1, 0.15) is 64.7 Å². The number of hydrogen-bond donors (Lipinski definition) is 0. The predicted molar refractivity (Wildman–Crippen MR) is 88.2 cm³/mol. The molecular weight excluding hydrogens is 259 g/mol. The highest BCUT2D eigenvalue weighted by Gasteiger charge is 2.52. The minimum Gasteiger partial charge on any atom is -0.399 e. The molecule has 0 radical (unpaired) electrons. The molecule has 1 aliphatic carbocycles. The highest BCUT2D eigenvalue weighted by molar-refractivity contribution is 6.62. The molecule has 0 spiro atoms. The molecule has 1 aromatic rings. The minimum absolute atomic E-state index is 0.246. The zero-order valence-electron chi connectivity index (χ0n) is 14.5. The van der Waals surface area contributed by atoms with Gasteiger partial charge in [0.1, 0.15) is 0 Å². The van der Waals surface area contributed by atoms with E-state index >= 15 is 0 Å². The molecule has 2 aliphatic rings. The lowest BCUT2D eigenvalue weighted by Crippen LogP contribution is -2.41. The van der Waals surface area contributed by atoms with Crippen LogP contribution >= 0.6 is 0 Å². The van der Waals surface area contributed by atoms with Crippen molar-refractivity contribution < 1.29 is 9.31 Å². The first-order valence-corrected chi connectivity index (χ1v) is 8.03. The summed E-state index contributed by atoms with van der Waals surface area (Å²) in [6.45, 7) is 15.3. The number of fused-ring (bicyclic) bond motifs is 1. The quantitative estimate of drug-likeness (QED) is 0.735. The maximum atomic E-state index is 6.22. The summed E-state index contributed by atoms with van der Waals surface area (Å²) in [4.78, 5) is 0. The van der Waals surface area contributed by atoms with Gasteiger partial charge in [0.15, 0.2) is 0 Å². The van der Waals surface area contributed by atoms with Crippen LogP contribution in [0.25, 0.3) is 0 Å². The molecule has 0 amide bonds. The van der Waals surface area contributed by atoms with Crippen LogP contribution in [0.4, 0.5) is 0 Å². The Balaban J connectivity index is 1.99. The zero-order chi connectivity index (χ0) is 15.6. The van der Waals surface area contributed by atoms with Crippen molar-refractivity contribution in [2.75, 3.05) is 0 Å². The number of benzene rings is 1. The molecule has 0 bridgehead atoms. The third-order valence-electron chi connectivity index (χ3n) is 5.75. The first-order valence-electron chi connectivity index (χ1n) is 8.03. The summed E-state index contributed by atoms with van der Waals surface area (Å²) < 4.78 is 12.4. The Kier molecular flexibility index (Phi) is 3.14. The molecule has 1 saturated heterocycles. The average Bonchev–Trinajstić information content (AvgIpc) is 2.73. The first-order chi connectivity index (χ1) is 9.53. The molecule has 0 atom stereocenters. The standard InChI is InChI=1S/C18H27BO2/c1-12-10-14-13(8-9-16(14,2)3)11-15(12)19-20-17(4,5)18(6,7)21-19/h10-11H,8-9H2,1-7H3. The van der Waals surface area contributed by atoms with Crippen LogP contribution in [0.2, 0.25) is 0 Å². The molecule has 0 unspecified atom stereocenters. The third-order valence-corrected chi connectivity index (χ3v) is 5.75. The fraction of sp³-hybridized carbons (Fsp3) is 0.667. The van der Waals surface area contributed by atoms with Crippen molar-refractivity contribution in [1.82, 2.24) is 0 Å². The van der Waals surface area contributed by atoms with Gasteiger partial charge in [-0.2, -0.15) is 0 Å². The van der Waals surface area contributed by atoms with Crippen molar-refractivity contribution >= 4 is 12.6 Å². The van der Waals surface area contributed by atoms with Crippen molar-refractivity contribution in [2.45, 2.75) is 77.9 Å². The van der Waals surface area contributed by atoms with Crippen molar-refractivity contribution in [3.63, 3.8) is 0 Å². The largest absolute Gasteiger partial charge is 0.495 e. The summed E-state index contributed by atoms with van der Waals surface area (Å²) in [5, 5.41) is 0. The second kappa shape index (κ2) is 4.36. The third kappa shape index (κ3) is 2.26. The van der Waals surface area contributed by atoms with Gasteiger partial charge >= 0.3 is 7.12 Å². The number of rotatable bonds is 1. The summed E-state index contributed by atoms with van der Waals surface area (Å²) in [6, 6.07) is 4.67. The Labute approximate surface area is 129 Å². The van der Waals surface area contributed by atoms with Crippen LogP contribution in [0.15, 0.2) is 12.1 Å². The molecule has 114 valence electrons. The summed E-state index contributed by atoms with van der Waals surface area (Å²) in [5.74, 6) is 0. The second-order valence-corrected chi connectivity index (χ2v) is 8.34. The zero-order valence-corrected chi connectivity index (χ0v) is 14.5. The van der Waals surface area contributed by atoms with Gasteiger partial charge < -0.3 is 9.31 Å². The monoisotopic (exact) mass is 286 g/mol. The molecule has 0 N–H and O–H groups in total. The van der Waals surface area contributed by atoms with Crippen molar-refractivity contribution in [3.05, 3.63) is 28.8 Å². The lowest BCUT2D eigenvalue weighted by atomic mass is 9.74. The summed E-state index contributed by atoms with van der Waals surface area (Å²) in [7, 11) is -0.246. The van der Waals surface area contributed by atoms with Crippen LogP contribution in [0.3, 0.4) is 0 Å². The first kappa shape index (κ1) is 15.1. The molecule has 3 heteroatoms. The molecule has 2 nitrogen and oxygen atoms in total. The van der Waals surface area contributed by atoms with E-state index in [-0.39, 0.29) is 18.3 Å². The maximum Gasteiger partial charge on any atom is 0.495 e. The van der Waals surface area contributed by atoms with Gasteiger partial charge in [-0.15, -0.1) is 0 Å². The number of hydrogen-bond acceptors (Lipinski definition) is 2. The van der Waals surface area contributed by atoms with Crippen LogP contribution in [0.5, 0.6) is 0 Å². The Morgan fingerprint density at radius 1 is 0.952 bits per heavy atom. The molecule has 3 rings (SSSR count). The molecular formula is C18H27BO2. The number of aryl methyl sites for hydroxylation is 2. The van der Waals surface area contributed by atoms with Gasteiger partial charge in [0.25, 0.3) is 0 Å². The average molecular weight is 286 g/mol. The minimum atomic E-state index is -0.275. The Morgan fingerprint density at radius 2 is 1.52 bits per heavy atom. The molecule has 1 aromatic carbocycles. The highest BCUT2D eigenvalue weighted by atomic mass is 16.7. The van der Waals surface area contributed by atoms with Crippen molar-refractivity contribution in [3.8, 4) is 0 Å². The SMILES string of the molecule is Cc1cc2c(cc1B1OC(C)(C)C(C)(C)O1)CCC2(C)C. The van der Waals surface area contributed by atoms with Gasteiger partial charge in [-0.05, 0) is 69.5 Å². The van der Waals surface area contributed by atoms with Crippen molar-refractivity contribution in [2.24, 2.45) is 0 Å². The van der Waals surface area contributed by atoms with E-state index in [1.165, 1.54) is 28.6 Å². The van der Waals surface area contributed by atoms with Gasteiger partial charge in [0.2, 0.25) is 0 Å². The molecule has 1 heterocycles. The van der Waals surface area contributed by atoms with Crippen LogP contribution in [0, 0.1) is 6.92 Å². The summed E-state index contributed by atoms with van der Waals surface area (Å²) in [6.07, 6.45) is 2.39. The van der Waals surface area contributed by atoms with Gasteiger partial charge in [-0.25, -0.2) is 0 Å². The molecule has 1 aliphatic heterocycles. The van der Waals surface area contributed by atoms with E-state index in [4.69, 9.17) is 9.31 Å². The van der Waals surface area contributed by atoms with Crippen LogP contribution in [-0.2, 0) is 21.1 Å². The Bertz CT molecular complexity index is 571. The normalized spacial score (nSPS) is 25.2. The van der Waals surface area contributed by atoms with Gasteiger partial charge in [0.05, 0.1) is 11.2 Å². The fourth-order valence-corrected chi connectivity index (χ4v) is 3.41. The fourth-order valence-electron chi connectivity index (χ4n) is 3.41. The van der Waals surface area contributed by atoms with E-state index in [1.807, 2.05) is 0 Å². The van der Waals surface area contributed by atoms with E-state index < -0.39 is 0 Å². The lowest BCUT2D eigenvalue weighted by Gasteiger charge is -2.32.